The van der Waals surface area contributed by atoms with E-state index in [0.29, 0.717) is 24.8 Å². The molecule has 4 N–H and O–H groups in total. The Morgan fingerprint density at radius 2 is 2.25 bits per heavy atom. The summed E-state index contributed by atoms with van der Waals surface area (Å²) >= 11 is 0. The summed E-state index contributed by atoms with van der Waals surface area (Å²) in [5.41, 5.74) is 0.660. The van der Waals surface area contributed by atoms with Crippen molar-refractivity contribution in [1.29, 1.82) is 5.41 Å². The van der Waals surface area contributed by atoms with Crippen molar-refractivity contribution in [2.75, 3.05) is 13.2 Å². The van der Waals surface area contributed by atoms with Crippen molar-refractivity contribution in [3.63, 3.8) is 0 Å². The van der Waals surface area contributed by atoms with Gasteiger partial charge in [0, 0.05) is 12.2 Å². The van der Waals surface area contributed by atoms with Crippen molar-refractivity contribution in [1.82, 2.24) is 5.32 Å². The van der Waals surface area contributed by atoms with Crippen molar-refractivity contribution >= 4 is 15.1 Å². The molecule has 16 heavy (non-hydrogen) atoms. The lowest BCUT2D eigenvalue weighted by molar-refractivity contribution is 0.0401. The molecule has 0 aromatic heterocycles. The molecule has 0 bridgehead atoms. The molecule has 1 saturated carbocycles. The zero-order valence-electron chi connectivity index (χ0n) is 8.77. The van der Waals surface area contributed by atoms with E-state index in [1.54, 1.807) is 0 Å². The number of morpholine rings is 1. The zero-order chi connectivity index (χ0) is 11.8. The molecule has 0 spiro atoms. The summed E-state index contributed by atoms with van der Waals surface area (Å²) < 4.78 is 27.4. The van der Waals surface area contributed by atoms with Crippen LogP contribution >= 0.6 is 0 Å². The summed E-state index contributed by atoms with van der Waals surface area (Å²) in [6.07, 6.45) is 3.34. The van der Waals surface area contributed by atoms with Gasteiger partial charge in [0.2, 0.25) is 0 Å². The fraction of sp³-hybridized carbons (Fsp3) is 0.667. The summed E-state index contributed by atoms with van der Waals surface area (Å²) in [4.78, 5) is 0. The highest BCUT2D eigenvalue weighted by atomic mass is 32.2. The maximum Gasteiger partial charge on any atom is 0.254 e. The Morgan fingerprint density at radius 3 is 2.81 bits per heavy atom. The van der Waals surface area contributed by atoms with E-state index < -0.39 is 15.1 Å². The van der Waals surface area contributed by atoms with Gasteiger partial charge in [0.05, 0.1) is 12.7 Å². The van der Waals surface area contributed by atoms with Crippen LogP contribution in [0, 0.1) is 11.3 Å². The van der Waals surface area contributed by atoms with Crippen molar-refractivity contribution in [2.45, 2.75) is 18.9 Å². The molecule has 2 rings (SSSR count). The Labute approximate surface area is 94.4 Å². The fourth-order valence-electron chi connectivity index (χ4n) is 1.72. The molecule has 6 nitrogen and oxygen atoms in total. The smallest absolute Gasteiger partial charge is 0.254 e. The van der Waals surface area contributed by atoms with Crippen LogP contribution < -0.4 is 10.5 Å². The molecular formula is C9H15N3O3S. The minimum atomic E-state index is -3.92. The number of nitrogens with two attached hydrogens (primary N) is 1. The Morgan fingerprint density at radius 1 is 1.56 bits per heavy atom. The maximum atomic E-state index is 10.9. The quantitative estimate of drug-likeness (QED) is 0.452. The average Bonchev–Trinajstić information content (AvgIpc) is 3.00. The van der Waals surface area contributed by atoms with Crippen LogP contribution in [0.15, 0.2) is 11.8 Å². The highest BCUT2D eigenvalue weighted by Crippen LogP contribution is 2.37. The van der Waals surface area contributed by atoms with Crippen LogP contribution in [-0.2, 0) is 14.8 Å². The van der Waals surface area contributed by atoms with Gasteiger partial charge in [0.25, 0.3) is 10.0 Å². The van der Waals surface area contributed by atoms with E-state index in [4.69, 9.17) is 15.3 Å². The van der Waals surface area contributed by atoms with E-state index in [1.165, 1.54) is 6.08 Å². The van der Waals surface area contributed by atoms with Gasteiger partial charge in [-0.3, -0.25) is 5.41 Å². The number of hydrogen-bond acceptors (Lipinski definition) is 5. The summed E-state index contributed by atoms with van der Waals surface area (Å²) in [7, 11) is -3.92. The average molecular weight is 245 g/mol. The Kier molecular flexibility index (Phi) is 3.00. The van der Waals surface area contributed by atoms with Gasteiger partial charge in [-0.2, -0.15) is 0 Å². The molecule has 1 atom stereocenters. The van der Waals surface area contributed by atoms with E-state index >= 15 is 0 Å². The lowest BCUT2D eigenvalue weighted by Crippen LogP contribution is -2.38. The number of rotatable bonds is 2. The Hall–Kier alpha value is -0.920. The lowest BCUT2D eigenvalue weighted by atomic mass is 10.1. The Bertz CT molecular complexity index is 425. The summed E-state index contributed by atoms with van der Waals surface area (Å²) in [6, 6.07) is 0. The van der Waals surface area contributed by atoms with E-state index in [1.807, 2.05) is 0 Å². The first-order valence-corrected chi connectivity index (χ1v) is 6.71. The van der Waals surface area contributed by atoms with Crippen molar-refractivity contribution in [2.24, 2.45) is 11.1 Å². The van der Waals surface area contributed by atoms with Crippen LogP contribution in [0.5, 0.6) is 0 Å². The standard InChI is InChI=1S/C9H15N3O3S/c10-8(16(11,13)14)5-7-9(6-1-2-6)15-4-3-12-7/h5-6,9-10,12H,1-4H2,(H2,11,13,14)/b7-5-,10-8?/t9-/m1/s1. The fourth-order valence-corrected chi connectivity index (χ4v) is 2.01. The molecule has 1 saturated heterocycles. The number of primary sulfonamides is 1. The molecule has 1 heterocycles. The van der Waals surface area contributed by atoms with E-state index in [0.717, 1.165) is 12.8 Å². The second-order valence-corrected chi connectivity index (χ2v) is 5.59. The van der Waals surface area contributed by atoms with Crippen molar-refractivity contribution < 1.29 is 13.2 Å². The SMILES string of the molecule is N=C(/C=C1\NCCO[C@@H]1C1CC1)S(N)(=O)=O. The Balaban J connectivity index is 2.16. The number of nitrogens with one attached hydrogen (secondary N) is 2. The summed E-state index contributed by atoms with van der Waals surface area (Å²) in [6.45, 7) is 1.24. The molecule has 1 aliphatic heterocycles. The second kappa shape index (κ2) is 4.15. The second-order valence-electron chi connectivity index (χ2n) is 4.06. The molecule has 0 aromatic rings. The predicted molar refractivity (Wildman–Crippen MR) is 59.4 cm³/mol. The molecule has 0 radical (unpaired) electrons. The zero-order valence-corrected chi connectivity index (χ0v) is 9.59. The molecule has 0 aromatic carbocycles. The number of ether oxygens (including phenoxy) is 1. The van der Waals surface area contributed by atoms with Crippen LogP contribution in [0.3, 0.4) is 0 Å². The van der Waals surface area contributed by atoms with Crippen LogP contribution in [0.1, 0.15) is 12.8 Å². The van der Waals surface area contributed by atoms with Crippen LogP contribution in [-0.4, -0.2) is 32.7 Å². The normalized spacial score (nSPS) is 28.8. The number of hydrogen-bond donors (Lipinski definition) is 3. The van der Waals surface area contributed by atoms with Gasteiger partial charge in [-0.15, -0.1) is 0 Å². The third-order valence-electron chi connectivity index (χ3n) is 2.68. The minimum absolute atomic E-state index is 0.101. The summed E-state index contributed by atoms with van der Waals surface area (Å²) in [5.74, 6) is 0.451. The maximum absolute atomic E-state index is 10.9. The van der Waals surface area contributed by atoms with Crippen LogP contribution in [0.25, 0.3) is 0 Å². The van der Waals surface area contributed by atoms with E-state index in [-0.39, 0.29) is 6.10 Å². The molecule has 0 unspecified atom stereocenters. The summed E-state index contributed by atoms with van der Waals surface area (Å²) in [5, 5.41) is 14.7. The van der Waals surface area contributed by atoms with Crippen molar-refractivity contribution in [3.05, 3.63) is 11.8 Å². The van der Waals surface area contributed by atoms with Crippen LogP contribution in [0.2, 0.25) is 0 Å². The highest BCUT2D eigenvalue weighted by molar-refractivity contribution is 8.04. The molecule has 2 aliphatic rings. The third-order valence-corrected chi connectivity index (χ3v) is 3.41. The first kappa shape index (κ1) is 11.6. The van der Waals surface area contributed by atoms with Gasteiger partial charge < -0.3 is 10.1 Å². The van der Waals surface area contributed by atoms with Crippen LogP contribution in [0.4, 0.5) is 0 Å². The molecular weight excluding hydrogens is 230 g/mol. The topological polar surface area (TPSA) is 105 Å². The molecule has 2 fully saturated rings. The first-order chi connectivity index (χ1) is 7.48. The first-order valence-electron chi connectivity index (χ1n) is 5.17. The molecule has 7 heteroatoms. The predicted octanol–water partition coefficient (Wildman–Crippen LogP) is -0.466. The van der Waals surface area contributed by atoms with Crippen molar-refractivity contribution in [3.8, 4) is 0 Å². The van der Waals surface area contributed by atoms with E-state index in [2.05, 4.69) is 5.32 Å². The lowest BCUT2D eigenvalue weighted by Gasteiger charge is -2.27. The molecule has 0 amide bonds. The van der Waals surface area contributed by atoms with Gasteiger partial charge in [0.15, 0.2) is 5.04 Å². The van der Waals surface area contributed by atoms with Gasteiger partial charge in [-0.25, -0.2) is 13.6 Å². The van der Waals surface area contributed by atoms with Gasteiger partial charge >= 0.3 is 0 Å². The monoisotopic (exact) mass is 245 g/mol. The van der Waals surface area contributed by atoms with Gasteiger partial charge in [-0.1, -0.05) is 0 Å². The number of sulfonamides is 1. The molecule has 90 valence electrons. The van der Waals surface area contributed by atoms with E-state index in [9.17, 15) is 8.42 Å². The minimum Gasteiger partial charge on any atom is -0.384 e. The van der Waals surface area contributed by atoms with Gasteiger partial charge in [0.1, 0.15) is 0 Å². The largest absolute Gasteiger partial charge is 0.384 e. The highest BCUT2D eigenvalue weighted by Gasteiger charge is 2.36. The third kappa shape index (κ3) is 2.60. The van der Waals surface area contributed by atoms with Gasteiger partial charge in [-0.05, 0) is 24.8 Å². The molecule has 1 aliphatic carbocycles.